The number of aliphatic carboxylic acids is 2. The van der Waals surface area contributed by atoms with Crippen molar-refractivity contribution in [2.75, 3.05) is 0 Å². The van der Waals surface area contributed by atoms with Gasteiger partial charge < -0.3 is 20.8 Å². The van der Waals surface area contributed by atoms with Crippen LogP contribution in [-0.2, 0) is 9.59 Å². The molecule has 0 radical (unpaired) electrons. The Morgan fingerprint density at radius 3 is 2.32 bits per heavy atom. The van der Waals surface area contributed by atoms with Gasteiger partial charge in [-0.05, 0) is 12.8 Å². The van der Waals surface area contributed by atoms with Crippen molar-refractivity contribution in [3.63, 3.8) is 0 Å². The Morgan fingerprint density at radius 1 is 1.26 bits per heavy atom. The molecule has 0 fully saturated rings. The predicted molar refractivity (Wildman–Crippen MR) is 67.5 cm³/mol. The number of carboxylic acids is 2. The maximum absolute atomic E-state index is 11.5. The lowest BCUT2D eigenvalue weighted by Crippen LogP contribution is -2.49. The second-order valence-electron chi connectivity index (χ2n) is 3.95. The zero-order chi connectivity index (χ0) is 14.8. The SMILES string of the molecule is C#CCC(CC)NC(=O)N[C@@H](CCC(=O)O)C(=O)O. The number of hydrogen-bond acceptors (Lipinski definition) is 3. The Hall–Kier alpha value is -2.23. The van der Waals surface area contributed by atoms with Gasteiger partial charge in [0.2, 0.25) is 0 Å². The summed E-state index contributed by atoms with van der Waals surface area (Å²) in [4.78, 5) is 32.8. The molecule has 0 saturated heterocycles. The average molecular weight is 270 g/mol. The number of carbonyl (C=O) groups excluding carboxylic acids is 1. The number of hydrogen-bond donors (Lipinski definition) is 4. The van der Waals surface area contributed by atoms with Crippen LogP contribution in [0.5, 0.6) is 0 Å². The molecule has 1 unspecified atom stereocenters. The van der Waals surface area contributed by atoms with Gasteiger partial charge in [0, 0.05) is 18.9 Å². The molecule has 0 bridgehead atoms. The van der Waals surface area contributed by atoms with Gasteiger partial charge in [-0.1, -0.05) is 6.92 Å². The fourth-order valence-electron chi connectivity index (χ4n) is 1.35. The summed E-state index contributed by atoms with van der Waals surface area (Å²) in [6.07, 6.45) is 5.58. The van der Waals surface area contributed by atoms with Crippen LogP contribution in [-0.4, -0.2) is 40.3 Å². The zero-order valence-corrected chi connectivity index (χ0v) is 10.7. The molecule has 0 aliphatic carbocycles. The molecule has 7 nitrogen and oxygen atoms in total. The van der Waals surface area contributed by atoms with Crippen molar-refractivity contribution in [2.45, 2.75) is 44.7 Å². The quantitative estimate of drug-likeness (QED) is 0.477. The minimum Gasteiger partial charge on any atom is -0.481 e. The van der Waals surface area contributed by atoms with E-state index in [2.05, 4.69) is 16.6 Å². The molecular weight excluding hydrogens is 252 g/mol. The normalized spacial score (nSPS) is 12.8. The first-order valence-electron chi connectivity index (χ1n) is 5.85. The van der Waals surface area contributed by atoms with Gasteiger partial charge in [0.1, 0.15) is 6.04 Å². The minimum atomic E-state index is -1.28. The van der Waals surface area contributed by atoms with Crippen LogP contribution >= 0.6 is 0 Å². The minimum absolute atomic E-state index is 0.177. The lowest BCUT2D eigenvalue weighted by Gasteiger charge is -2.18. The van der Waals surface area contributed by atoms with Crippen LogP contribution < -0.4 is 10.6 Å². The van der Waals surface area contributed by atoms with Crippen LogP contribution in [0.15, 0.2) is 0 Å². The molecule has 0 rings (SSSR count). The van der Waals surface area contributed by atoms with Crippen molar-refractivity contribution in [2.24, 2.45) is 0 Å². The Balaban J connectivity index is 4.34. The van der Waals surface area contributed by atoms with Crippen molar-refractivity contribution >= 4 is 18.0 Å². The van der Waals surface area contributed by atoms with Crippen LogP contribution in [0.25, 0.3) is 0 Å². The van der Waals surface area contributed by atoms with Crippen LogP contribution in [0.1, 0.15) is 32.6 Å². The van der Waals surface area contributed by atoms with Gasteiger partial charge >= 0.3 is 18.0 Å². The van der Waals surface area contributed by atoms with E-state index in [0.29, 0.717) is 12.8 Å². The molecule has 7 heteroatoms. The third kappa shape index (κ3) is 7.65. The highest BCUT2D eigenvalue weighted by Crippen LogP contribution is 2.00. The second kappa shape index (κ2) is 8.80. The highest BCUT2D eigenvalue weighted by Gasteiger charge is 2.21. The molecular formula is C12H18N2O5. The van der Waals surface area contributed by atoms with Crippen molar-refractivity contribution in [3.8, 4) is 12.3 Å². The molecule has 0 aromatic carbocycles. The summed E-state index contributed by atoms with van der Waals surface area (Å²) in [5, 5.41) is 22.1. The Labute approximate surface area is 111 Å². The monoisotopic (exact) mass is 270 g/mol. The van der Waals surface area contributed by atoms with Gasteiger partial charge in [-0.3, -0.25) is 4.79 Å². The van der Waals surface area contributed by atoms with Gasteiger partial charge in [0.25, 0.3) is 0 Å². The summed E-state index contributed by atoms with van der Waals surface area (Å²) < 4.78 is 0. The topological polar surface area (TPSA) is 116 Å². The van der Waals surface area contributed by atoms with E-state index in [1.54, 1.807) is 0 Å². The van der Waals surface area contributed by atoms with Crippen molar-refractivity contribution in [3.05, 3.63) is 0 Å². The third-order valence-corrected chi connectivity index (χ3v) is 2.44. The average Bonchev–Trinajstić information content (AvgIpc) is 2.33. The lowest BCUT2D eigenvalue weighted by atomic mass is 10.1. The molecule has 19 heavy (non-hydrogen) atoms. The second-order valence-corrected chi connectivity index (χ2v) is 3.95. The summed E-state index contributed by atoms with van der Waals surface area (Å²) in [6, 6.07) is -2.14. The molecule has 2 amide bonds. The first kappa shape index (κ1) is 16.8. The van der Waals surface area contributed by atoms with E-state index in [9.17, 15) is 14.4 Å². The number of amides is 2. The van der Waals surface area contributed by atoms with Gasteiger partial charge in [-0.25, -0.2) is 9.59 Å². The lowest BCUT2D eigenvalue weighted by molar-refractivity contribution is -0.140. The van der Waals surface area contributed by atoms with E-state index in [1.165, 1.54) is 0 Å². The number of terminal acetylenes is 1. The summed E-state index contributed by atoms with van der Waals surface area (Å²) in [7, 11) is 0. The molecule has 106 valence electrons. The van der Waals surface area contributed by atoms with Gasteiger partial charge in [0.05, 0.1) is 0 Å². The van der Waals surface area contributed by atoms with Crippen molar-refractivity contribution in [1.29, 1.82) is 0 Å². The first-order valence-corrected chi connectivity index (χ1v) is 5.85. The molecule has 0 saturated carbocycles. The third-order valence-electron chi connectivity index (χ3n) is 2.44. The molecule has 0 aliphatic rings. The van der Waals surface area contributed by atoms with Crippen molar-refractivity contribution in [1.82, 2.24) is 10.6 Å². The van der Waals surface area contributed by atoms with E-state index >= 15 is 0 Å². The Kier molecular flexibility index (Phi) is 7.77. The van der Waals surface area contributed by atoms with Crippen LogP contribution in [0.2, 0.25) is 0 Å². The van der Waals surface area contributed by atoms with E-state index in [4.69, 9.17) is 16.6 Å². The van der Waals surface area contributed by atoms with E-state index < -0.39 is 24.0 Å². The van der Waals surface area contributed by atoms with Crippen LogP contribution in [0, 0.1) is 12.3 Å². The maximum atomic E-state index is 11.5. The molecule has 2 atom stereocenters. The maximum Gasteiger partial charge on any atom is 0.326 e. The Bertz CT molecular complexity index is 375. The van der Waals surface area contributed by atoms with Gasteiger partial charge in [-0.2, -0.15) is 0 Å². The summed E-state index contributed by atoms with van der Waals surface area (Å²) in [5.41, 5.74) is 0. The van der Waals surface area contributed by atoms with Crippen molar-refractivity contribution < 1.29 is 24.6 Å². The molecule has 4 N–H and O–H groups in total. The van der Waals surface area contributed by atoms with Gasteiger partial charge in [0.15, 0.2) is 0 Å². The highest BCUT2D eigenvalue weighted by atomic mass is 16.4. The summed E-state index contributed by atoms with van der Waals surface area (Å²) in [5.74, 6) is 0.00892. The highest BCUT2D eigenvalue weighted by molar-refractivity contribution is 5.83. The summed E-state index contributed by atoms with van der Waals surface area (Å²) >= 11 is 0. The first-order chi connectivity index (χ1) is 8.90. The smallest absolute Gasteiger partial charge is 0.326 e. The summed E-state index contributed by atoms with van der Waals surface area (Å²) in [6.45, 7) is 1.83. The number of urea groups is 1. The van der Waals surface area contributed by atoms with Crippen LogP contribution in [0.3, 0.4) is 0 Å². The molecule has 0 aromatic heterocycles. The fourth-order valence-corrected chi connectivity index (χ4v) is 1.35. The molecule has 0 heterocycles. The predicted octanol–water partition coefficient (Wildman–Crippen LogP) is 0.406. The standard InChI is InChI=1S/C12H18N2O5/c1-3-5-8(4-2)13-12(19)14-9(11(17)18)6-7-10(15)16/h1,8-9H,4-7H2,2H3,(H,15,16)(H,17,18)(H2,13,14,19)/t8?,9-/m0/s1. The molecule has 0 spiro atoms. The molecule has 0 aliphatic heterocycles. The zero-order valence-electron chi connectivity index (χ0n) is 10.7. The fraction of sp³-hybridized carbons (Fsp3) is 0.583. The Morgan fingerprint density at radius 2 is 1.89 bits per heavy atom. The van der Waals surface area contributed by atoms with E-state index in [0.717, 1.165) is 0 Å². The number of carbonyl (C=O) groups is 3. The number of rotatable bonds is 8. The van der Waals surface area contributed by atoms with E-state index in [-0.39, 0.29) is 18.9 Å². The number of nitrogens with one attached hydrogen (secondary N) is 2. The van der Waals surface area contributed by atoms with Crippen LogP contribution in [0.4, 0.5) is 4.79 Å². The number of carboxylic acid groups (broad SMARTS) is 2. The van der Waals surface area contributed by atoms with Gasteiger partial charge in [-0.15, -0.1) is 12.3 Å². The largest absolute Gasteiger partial charge is 0.481 e. The molecule has 0 aromatic rings. The van der Waals surface area contributed by atoms with E-state index in [1.807, 2.05) is 6.92 Å².